The summed E-state index contributed by atoms with van der Waals surface area (Å²) in [5, 5.41) is 11.5. The lowest BCUT2D eigenvalue weighted by Crippen LogP contribution is -2.36. The van der Waals surface area contributed by atoms with E-state index in [1.54, 1.807) is 7.11 Å². The summed E-state index contributed by atoms with van der Waals surface area (Å²) < 4.78 is 18.4. The molecular weight excluding hydrogens is 524 g/mol. The molecule has 1 saturated heterocycles. The molecule has 1 aromatic heterocycles. The van der Waals surface area contributed by atoms with Crippen LogP contribution in [0.2, 0.25) is 0 Å². The van der Waals surface area contributed by atoms with E-state index in [2.05, 4.69) is 88.9 Å². The zero-order valence-electron chi connectivity index (χ0n) is 26.0. The second-order valence-corrected chi connectivity index (χ2v) is 13.2. The zero-order chi connectivity index (χ0) is 30.1. The van der Waals surface area contributed by atoms with Crippen LogP contribution in [-0.4, -0.2) is 43.5 Å². The van der Waals surface area contributed by atoms with Crippen LogP contribution in [0.3, 0.4) is 0 Å². The molecule has 5 rings (SSSR count). The third-order valence-electron chi connectivity index (χ3n) is 7.98. The van der Waals surface area contributed by atoms with Gasteiger partial charge >= 0.3 is 0 Å². The van der Waals surface area contributed by atoms with Crippen molar-refractivity contribution in [1.29, 1.82) is 0 Å². The molecule has 1 fully saturated rings. The van der Waals surface area contributed by atoms with Crippen LogP contribution in [0.5, 0.6) is 11.5 Å². The van der Waals surface area contributed by atoms with Crippen molar-refractivity contribution in [3.8, 4) is 11.5 Å². The van der Waals surface area contributed by atoms with Crippen LogP contribution in [0.15, 0.2) is 71.1 Å². The van der Waals surface area contributed by atoms with Gasteiger partial charge in [0.15, 0.2) is 0 Å². The molecule has 1 aliphatic heterocycles. The van der Waals surface area contributed by atoms with E-state index in [4.69, 9.17) is 18.9 Å². The van der Waals surface area contributed by atoms with Gasteiger partial charge in [0.2, 0.25) is 11.8 Å². The number of benzene rings is 3. The number of methoxy groups -OCH3 is 1. The Kier molecular flexibility index (Phi) is 8.38. The minimum atomic E-state index is -0.353. The highest BCUT2D eigenvalue weighted by Gasteiger charge is 2.33. The Morgan fingerprint density at radius 3 is 2.07 bits per heavy atom. The van der Waals surface area contributed by atoms with Gasteiger partial charge in [-0.1, -0.05) is 102 Å². The van der Waals surface area contributed by atoms with E-state index in [0.29, 0.717) is 31.3 Å². The van der Waals surface area contributed by atoms with Gasteiger partial charge in [-0.3, -0.25) is 0 Å². The molecule has 4 aromatic rings. The molecule has 0 amide bonds. The topological polar surface area (TPSA) is 68.0 Å². The minimum absolute atomic E-state index is 0.278. The van der Waals surface area contributed by atoms with Crippen molar-refractivity contribution < 1.29 is 19.0 Å². The predicted octanol–water partition coefficient (Wildman–Crippen LogP) is 7.59. The summed E-state index contributed by atoms with van der Waals surface area (Å²) in [5.41, 5.74) is 5.29. The van der Waals surface area contributed by atoms with Crippen LogP contribution >= 0.6 is 0 Å². The summed E-state index contributed by atoms with van der Waals surface area (Å²) in [6, 6.07) is 22.7. The summed E-state index contributed by atoms with van der Waals surface area (Å²) in [6.07, 6.45) is 0.658. The maximum absolute atomic E-state index is 11.5. The maximum Gasteiger partial charge on any atom is 0.220 e. The number of phenols is 1. The molecule has 6 heteroatoms. The molecule has 42 heavy (non-hydrogen) atoms. The van der Waals surface area contributed by atoms with Gasteiger partial charge in [0.25, 0.3) is 0 Å². The first-order chi connectivity index (χ1) is 20.0. The number of rotatable bonds is 7. The van der Waals surface area contributed by atoms with E-state index in [-0.39, 0.29) is 16.7 Å². The number of nitrogens with zero attached hydrogens (tertiary/aromatic N) is 2. The average molecular weight is 569 g/mol. The fourth-order valence-corrected chi connectivity index (χ4v) is 5.73. The van der Waals surface area contributed by atoms with Gasteiger partial charge in [-0.2, -0.15) is 0 Å². The van der Waals surface area contributed by atoms with E-state index >= 15 is 0 Å². The predicted molar refractivity (Wildman–Crippen MR) is 168 cm³/mol. The van der Waals surface area contributed by atoms with Crippen molar-refractivity contribution in [2.75, 3.05) is 38.3 Å². The summed E-state index contributed by atoms with van der Waals surface area (Å²) in [7, 11) is 1.70. The van der Waals surface area contributed by atoms with E-state index in [9.17, 15) is 5.11 Å². The third-order valence-corrected chi connectivity index (χ3v) is 7.98. The first-order valence-electron chi connectivity index (χ1n) is 14.8. The quantitative estimate of drug-likeness (QED) is 0.248. The van der Waals surface area contributed by atoms with Crippen LogP contribution in [0.25, 0.3) is 0 Å². The SMILES string of the molecule is COc1ccccc1C(c1cc(C(C)(C)C)c(O)c(C(C)(C)C)c1)c1nc(Cc2ccccc2)c(N2CCOCC2)o1. The Labute approximate surface area is 250 Å². The Morgan fingerprint density at radius 2 is 1.48 bits per heavy atom. The summed E-state index contributed by atoms with van der Waals surface area (Å²) in [4.78, 5) is 7.49. The van der Waals surface area contributed by atoms with Crippen LogP contribution in [-0.2, 0) is 22.0 Å². The number of oxazole rings is 1. The van der Waals surface area contributed by atoms with Gasteiger partial charge in [0.1, 0.15) is 17.2 Å². The van der Waals surface area contributed by atoms with E-state index in [0.717, 1.165) is 52.7 Å². The van der Waals surface area contributed by atoms with Crippen LogP contribution in [0.1, 0.15) is 86.9 Å². The largest absolute Gasteiger partial charge is 0.507 e. The van der Waals surface area contributed by atoms with Gasteiger partial charge in [-0.15, -0.1) is 0 Å². The van der Waals surface area contributed by atoms with Crippen molar-refractivity contribution in [3.63, 3.8) is 0 Å². The van der Waals surface area contributed by atoms with Gasteiger partial charge in [0.05, 0.1) is 26.2 Å². The number of aromatic hydroxyl groups is 1. The standard InChI is InChI=1S/C36H44N2O4/c1-35(2,3)27-22-25(23-28(32(27)39)36(4,5)6)31(26-15-11-12-16-30(26)40-7)33-37-29(21-24-13-9-8-10-14-24)34(42-33)38-17-19-41-20-18-38/h8-16,22-23,31,39H,17-21H2,1-7H3. The highest BCUT2D eigenvalue weighted by Crippen LogP contribution is 2.45. The molecule has 0 radical (unpaired) electrons. The first-order valence-corrected chi connectivity index (χ1v) is 14.8. The Morgan fingerprint density at radius 1 is 0.881 bits per heavy atom. The summed E-state index contributed by atoms with van der Waals surface area (Å²) >= 11 is 0. The lowest BCUT2D eigenvalue weighted by atomic mass is 9.76. The lowest BCUT2D eigenvalue weighted by molar-refractivity contribution is 0.120. The Balaban J connectivity index is 1.76. The van der Waals surface area contributed by atoms with Gasteiger partial charge in [-0.25, -0.2) is 4.98 Å². The molecule has 222 valence electrons. The number of hydrogen-bond donors (Lipinski definition) is 1. The molecule has 6 nitrogen and oxygen atoms in total. The fraction of sp³-hybridized carbons (Fsp3) is 0.417. The maximum atomic E-state index is 11.5. The van der Waals surface area contributed by atoms with Crippen molar-refractivity contribution in [1.82, 2.24) is 4.98 Å². The van der Waals surface area contributed by atoms with Gasteiger partial charge in [0, 0.05) is 25.1 Å². The number of morpholine rings is 1. The highest BCUT2D eigenvalue weighted by molar-refractivity contribution is 5.56. The second-order valence-electron chi connectivity index (χ2n) is 13.2. The number of phenolic OH excluding ortho intramolecular Hbond substituents is 1. The van der Waals surface area contributed by atoms with Crippen molar-refractivity contribution in [2.24, 2.45) is 0 Å². The smallest absolute Gasteiger partial charge is 0.220 e. The van der Waals surface area contributed by atoms with Gasteiger partial charge < -0.3 is 23.9 Å². The van der Waals surface area contributed by atoms with E-state index < -0.39 is 0 Å². The normalized spacial score (nSPS) is 15.1. The summed E-state index contributed by atoms with van der Waals surface area (Å²) in [5.74, 6) is 2.16. The number of hydrogen-bond acceptors (Lipinski definition) is 6. The Hall–Kier alpha value is -3.77. The lowest BCUT2D eigenvalue weighted by Gasteiger charge is -2.30. The molecule has 0 saturated carbocycles. The van der Waals surface area contributed by atoms with Crippen molar-refractivity contribution in [2.45, 2.75) is 64.7 Å². The molecule has 1 N–H and O–H groups in total. The fourth-order valence-electron chi connectivity index (χ4n) is 5.73. The Bertz CT molecular complexity index is 1470. The summed E-state index contributed by atoms with van der Waals surface area (Å²) in [6.45, 7) is 15.6. The third kappa shape index (κ3) is 6.19. The number of ether oxygens (including phenoxy) is 2. The monoisotopic (exact) mass is 568 g/mol. The molecular formula is C36H44N2O4. The first kappa shape index (κ1) is 29.7. The van der Waals surface area contributed by atoms with Crippen LogP contribution in [0, 0.1) is 0 Å². The number of para-hydroxylation sites is 1. The van der Waals surface area contributed by atoms with E-state index in [1.807, 2.05) is 24.3 Å². The average Bonchev–Trinajstić information content (AvgIpc) is 3.37. The molecule has 1 unspecified atom stereocenters. The van der Waals surface area contributed by atoms with E-state index in [1.165, 1.54) is 5.56 Å². The minimum Gasteiger partial charge on any atom is -0.507 e. The molecule has 0 bridgehead atoms. The molecule has 3 aromatic carbocycles. The van der Waals surface area contributed by atoms with Crippen molar-refractivity contribution >= 4 is 5.88 Å². The molecule has 0 spiro atoms. The van der Waals surface area contributed by atoms with Crippen molar-refractivity contribution in [3.05, 3.63) is 106 Å². The molecule has 0 aliphatic carbocycles. The van der Waals surface area contributed by atoms with Gasteiger partial charge in [-0.05, 0) is 39.2 Å². The van der Waals surface area contributed by atoms with Crippen LogP contribution in [0.4, 0.5) is 5.88 Å². The highest BCUT2D eigenvalue weighted by atomic mass is 16.5. The molecule has 1 atom stereocenters. The molecule has 2 heterocycles. The molecule has 1 aliphatic rings. The number of aromatic nitrogens is 1. The van der Waals surface area contributed by atoms with Crippen LogP contribution < -0.4 is 9.64 Å². The second kappa shape index (κ2) is 11.8. The number of anilines is 1. The zero-order valence-corrected chi connectivity index (χ0v) is 26.0.